The van der Waals surface area contributed by atoms with Crippen molar-refractivity contribution < 1.29 is 14.7 Å². The van der Waals surface area contributed by atoms with Crippen molar-refractivity contribution in [1.29, 1.82) is 0 Å². The van der Waals surface area contributed by atoms with E-state index in [1.165, 1.54) is 4.90 Å². The Morgan fingerprint density at radius 1 is 1.55 bits per heavy atom. The summed E-state index contributed by atoms with van der Waals surface area (Å²) in [5, 5.41) is 8.32. The molecule has 0 aliphatic carbocycles. The Labute approximate surface area is 64.8 Å². The van der Waals surface area contributed by atoms with Gasteiger partial charge in [0.1, 0.15) is 6.54 Å². The molecule has 0 aliphatic rings. The van der Waals surface area contributed by atoms with Crippen LogP contribution in [0.5, 0.6) is 0 Å². The molecule has 0 heterocycles. The van der Waals surface area contributed by atoms with Crippen molar-refractivity contribution in [2.45, 2.75) is 6.92 Å². The molecule has 0 radical (unpaired) electrons. The fourth-order valence-electron chi connectivity index (χ4n) is 0.669. The van der Waals surface area contributed by atoms with E-state index in [-0.39, 0.29) is 19.0 Å². The molecule has 0 saturated carbocycles. The van der Waals surface area contributed by atoms with Gasteiger partial charge in [0.15, 0.2) is 0 Å². The van der Waals surface area contributed by atoms with Crippen molar-refractivity contribution in [3.63, 3.8) is 0 Å². The van der Waals surface area contributed by atoms with Gasteiger partial charge in [-0.1, -0.05) is 0 Å². The molecule has 3 N–H and O–H groups in total. The molecule has 0 saturated heterocycles. The highest BCUT2D eigenvalue weighted by molar-refractivity contribution is 5.82. The molecular weight excluding hydrogens is 148 g/mol. The van der Waals surface area contributed by atoms with E-state index in [1.54, 1.807) is 6.92 Å². The lowest BCUT2D eigenvalue weighted by Crippen LogP contribution is -2.39. The second-order valence-corrected chi connectivity index (χ2v) is 2.01. The van der Waals surface area contributed by atoms with Gasteiger partial charge in [-0.15, -0.1) is 0 Å². The first-order valence-corrected chi connectivity index (χ1v) is 3.31. The summed E-state index contributed by atoms with van der Waals surface area (Å²) >= 11 is 0. The second-order valence-electron chi connectivity index (χ2n) is 2.01. The molecule has 0 bridgehead atoms. The van der Waals surface area contributed by atoms with E-state index in [9.17, 15) is 9.59 Å². The molecule has 64 valence electrons. The number of nitrogens with two attached hydrogens (primary N) is 1. The number of hydrogen-bond donors (Lipinski definition) is 2. The number of likely N-dealkylation sites (N-methyl/N-ethyl adjacent to an activating group) is 1. The second kappa shape index (κ2) is 4.68. The van der Waals surface area contributed by atoms with Crippen LogP contribution in [0.3, 0.4) is 0 Å². The van der Waals surface area contributed by atoms with Gasteiger partial charge in [0.25, 0.3) is 0 Å². The van der Waals surface area contributed by atoms with Crippen LogP contribution in [-0.4, -0.2) is 41.5 Å². The summed E-state index contributed by atoms with van der Waals surface area (Å²) in [6.07, 6.45) is 0. The molecule has 0 fully saturated rings. The van der Waals surface area contributed by atoms with E-state index in [4.69, 9.17) is 10.8 Å². The highest BCUT2D eigenvalue weighted by Gasteiger charge is 2.11. The van der Waals surface area contributed by atoms with Crippen molar-refractivity contribution in [1.82, 2.24) is 4.90 Å². The summed E-state index contributed by atoms with van der Waals surface area (Å²) in [6.45, 7) is 1.67. The Hall–Kier alpha value is -1.10. The van der Waals surface area contributed by atoms with Gasteiger partial charge in [-0.25, -0.2) is 0 Å². The third-order valence-electron chi connectivity index (χ3n) is 1.24. The Balaban J connectivity index is 3.94. The van der Waals surface area contributed by atoms with E-state index in [0.29, 0.717) is 6.54 Å². The average Bonchev–Trinajstić information content (AvgIpc) is 1.98. The molecule has 0 rings (SSSR count). The zero-order valence-corrected chi connectivity index (χ0v) is 6.41. The molecule has 0 aliphatic heterocycles. The Bertz CT molecular complexity index is 158. The summed E-state index contributed by atoms with van der Waals surface area (Å²) in [4.78, 5) is 22.2. The van der Waals surface area contributed by atoms with Gasteiger partial charge in [0.2, 0.25) is 5.91 Å². The molecule has 0 aromatic carbocycles. The van der Waals surface area contributed by atoms with Crippen LogP contribution in [0.15, 0.2) is 0 Å². The van der Waals surface area contributed by atoms with Gasteiger partial charge in [-0.2, -0.15) is 0 Å². The fraction of sp³-hybridized carbons (Fsp3) is 0.667. The molecular formula is C6H12N2O3. The van der Waals surface area contributed by atoms with Crippen molar-refractivity contribution in [3.8, 4) is 0 Å². The largest absolute Gasteiger partial charge is 0.480 e. The maximum absolute atomic E-state index is 10.8. The third kappa shape index (κ3) is 3.57. The number of carboxylic acid groups (broad SMARTS) is 1. The Morgan fingerprint density at radius 3 is 2.36 bits per heavy atom. The number of carbonyl (C=O) groups is 2. The number of aliphatic carboxylic acids is 1. The van der Waals surface area contributed by atoms with Gasteiger partial charge in [0.05, 0.1) is 6.54 Å². The van der Waals surface area contributed by atoms with Crippen LogP contribution in [0.1, 0.15) is 6.92 Å². The molecule has 11 heavy (non-hydrogen) atoms. The van der Waals surface area contributed by atoms with Gasteiger partial charge in [0, 0.05) is 6.54 Å². The SMILES string of the molecule is CCN(CC(=O)O)C(=O)CN. The number of carbonyl (C=O) groups excluding carboxylic acids is 1. The Kier molecular flexibility index (Phi) is 4.21. The number of nitrogens with zero attached hydrogens (tertiary/aromatic N) is 1. The van der Waals surface area contributed by atoms with Gasteiger partial charge >= 0.3 is 5.97 Å². The van der Waals surface area contributed by atoms with E-state index in [0.717, 1.165) is 0 Å². The zero-order chi connectivity index (χ0) is 8.85. The Morgan fingerprint density at radius 2 is 2.09 bits per heavy atom. The smallest absolute Gasteiger partial charge is 0.323 e. The number of hydrogen-bond acceptors (Lipinski definition) is 3. The quantitative estimate of drug-likeness (QED) is 0.545. The number of carboxylic acids is 1. The van der Waals surface area contributed by atoms with Crippen molar-refractivity contribution >= 4 is 11.9 Å². The standard InChI is InChI=1S/C6H12N2O3/c1-2-8(4-6(10)11)5(9)3-7/h2-4,7H2,1H3,(H,10,11). The summed E-state index contributed by atoms with van der Waals surface area (Å²) in [5.74, 6) is -1.36. The molecule has 0 spiro atoms. The van der Waals surface area contributed by atoms with Gasteiger partial charge in [-0.3, -0.25) is 9.59 Å². The van der Waals surface area contributed by atoms with Crippen molar-refractivity contribution in [2.75, 3.05) is 19.6 Å². The first kappa shape index (κ1) is 9.90. The monoisotopic (exact) mass is 160 g/mol. The third-order valence-corrected chi connectivity index (χ3v) is 1.24. The maximum Gasteiger partial charge on any atom is 0.323 e. The van der Waals surface area contributed by atoms with Crippen LogP contribution in [0.25, 0.3) is 0 Å². The van der Waals surface area contributed by atoms with Crippen LogP contribution in [-0.2, 0) is 9.59 Å². The van der Waals surface area contributed by atoms with Crippen LogP contribution in [0.2, 0.25) is 0 Å². The highest BCUT2D eigenvalue weighted by Crippen LogP contribution is 1.86. The first-order chi connectivity index (χ1) is 5.11. The first-order valence-electron chi connectivity index (χ1n) is 3.31. The van der Waals surface area contributed by atoms with Crippen LogP contribution < -0.4 is 5.73 Å². The molecule has 5 nitrogen and oxygen atoms in total. The molecule has 0 aromatic heterocycles. The average molecular weight is 160 g/mol. The van der Waals surface area contributed by atoms with Gasteiger partial charge in [-0.05, 0) is 6.92 Å². The van der Waals surface area contributed by atoms with Crippen molar-refractivity contribution in [3.05, 3.63) is 0 Å². The normalized spacial score (nSPS) is 9.27. The molecule has 0 unspecified atom stereocenters. The lowest BCUT2D eigenvalue weighted by Gasteiger charge is -2.16. The van der Waals surface area contributed by atoms with E-state index in [1.807, 2.05) is 0 Å². The molecule has 0 aromatic rings. The van der Waals surface area contributed by atoms with Crippen LogP contribution >= 0.6 is 0 Å². The van der Waals surface area contributed by atoms with Gasteiger partial charge < -0.3 is 15.7 Å². The predicted molar refractivity (Wildman–Crippen MR) is 38.9 cm³/mol. The topological polar surface area (TPSA) is 83.6 Å². The molecule has 0 atom stereocenters. The minimum atomic E-state index is -1.02. The minimum absolute atomic E-state index is 0.138. The maximum atomic E-state index is 10.8. The zero-order valence-electron chi connectivity index (χ0n) is 6.41. The molecule has 5 heteroatoms. The highest BCUT2D eigenvalue weighted by atomic mass is 16.4. The van der Waals surface area contributed by atoms with E-state index < -0.39 is 5.97 Å². The number of amides is 1. The minimum Gasteiger partial charge on any atom is -0.480 e. The summed E-state index contributed by atoms with van der Waals surface area (Å²) in [7, 11) is 0. The van der Waals surface area contributed by atoms with E-state index >= 15 is 0 Å². The summed E-state index contributed by atoms with van der Waals surface area (Å²) < 4.78 is 0. The molecule has 1 amide bonds. The predicted octanol–water partition coefficient (Wildman–Crippen LogP) is -1.12. The van der Waals surface area contributed by atoms with Crippen molar-refractivity contribution in [2.24, 2.45) is 5.73 Å². The van der Waals surface area contributed by atoms with Crippen LogP contribution in [0.4, 0.5) is 0 Å². The fourth-order valence-corrected chi connectivity index (χ4v) is 0.669. The summed E-state index contributed by atoms with van der Waals surface area (Å²) in [5.41, 5.74) is 5.04. The summed E-state index contributed by atoms with van der Waals surface area (Å²) in [6, 6.07) is 0. The number of rotatable bonds is 4. The lowest BCUT2D eigenvalue weighted by atomic mass is 10.4. The lowest BCUT2D eigenvalue weighted by molar-refractivity contribution is -0.143. The van der Waals surface area contributed by atoms with Crippen LogP contribution in [0, 0.1) is 0 Å². The van der Waals surface area contributed by atoms with E-state index in [2.05, 4.69) is 0 Å².